The van der Waals surface area contributed by atoms with Crippen molar-refractivity contribution in [2.45, 2.75) is 59.3 Å². The van der Waals surface area contributed by atoms with Crippen LogP contribution in [-0.4, -0.2) is 23.5 Å². The van der Waals surface area contributed by atoms with Crippen LogP contribution in [-0.2, 0) is 9.59 Å². The maximum Gasteiger partial charge on any atom is 0.331 e. The number of rotatable bonds is 4. The minimum atomic E-state index is -0.753. The van der Waals surface area contributed by atoms with E-state index in [-0.39, 0.29) is 16.7 Å². The number of carboxylic acids is 1. The van der Waals surface area contributed by atoms with Gasteiger partial charge in [-0.1, -0.05) is 32.9 Å². The number of carbonyl (C=O) groups excluding carboxylic acids is 1. The van der Waals surface area contributed by atoms with E-state index in [0.29, 0.717) is 24.0 Å². The smallest absolute Gasteiger partial charge is 0.331 e. The lowest BCUT2D eigenvalue weighted by Crippen LogP contribution is -2.51. The van der Waals surface area contributed by atoms with Crippen molar-refractivity contribution in [2.75, 3.05) is 6.54 Å². The number of hydrogen-bond donors (Lipinski definition) is 2. The zero-order chi connectivity index (χ0) is 17.5. The van der Waals surface area contributed by atoms with Crippen molar-refractivity contribution >= 4 is 11.9 Å². The summed E-state index contributed by atoms with van der Waals surface area (Å²) >= 11 is 0. The quantitative estimate of drug-likeness (QED) is 0.825. The molecule has 1 fully saturated rings. The van der Waals surface area contributed by atoms with Crippen LogP contribution >= 0.6 is 0 Å². The van der Waals surface area contributed by atoms with Crippen LogP contribution in [0.25, 0.3) is 0 Å². The summed E-state index contributed by atoms with van der Waals surface area (Å²) in [5.41, 5.74) is 1.36. The van der Waals surface area contributed by atoms with Gasteiger partial charge in [-0.05, 0) is 55.8 Å². The number of fused-ring (bicyclic) bond motifs is 1. The fourth-order valence-corrected chi connectivity index (χ4v) is 5.53. The summed E-state index contributed by atoms with van der Waals surface area (Å²) in [6, 6.07) is 0. The van der Waals surface area contributed by atoms with Crippen molar-refractivity contribution in [3.8, 4) is 0 Å². The van der Waals surface area contributed by atoms with E-state index >= 15 is 0 Å². The maximum atomic E-state index is 11.9. The van der Waals surface area contributed by atoms with Crippen LogP contribution in [0.4, 0.5) is 0 Å². The van der Waals surface area contributed by atoms with Gasteiger partial charge in [-0.15, -0.1) is 0 Å². The van der Waals surface area contributed by atoms with E-state index < -0.39 is 5.97 Å². The molecule has 2 N–H and O–H groups in total. The van der Waals surface area contributed by atoms with Crippen LogP contribution in [0.3, 0.4) is 0 Å². The van der Waals surface area contributed by atoms with Gasteiger partial charge in [0.2, 0.25) is 5.91 Å². The molecule has 0 radical (unpaired) electrons. The van der Waals surface area contributed by atoms with E-state index in [1.54, 1.807) is 0 Å². The number of carboxylic acid groups (broad SMARTS) is 1. The third-order valence-corrected chi connectivity index (χ3v) is 7.27. The molecule has 0 bridgehead atoms. The van der Waals surface area contributed by atoms with E-state index in [1.165, 1.54) is 0 Å². The lowest BCUT2D eigenvalue weighted by molar-refractivity contribution is -0.137. The van der Waals surface area contributed by atoms with E-state index in [1.807, 2.05) is 12.2 Å². The van der Waals surface area contributed by atoms with Gasteiger partial charge < -0.3 is 10.4 Å². The predicted molar refractivity (Wildman–Crippen MR) is 93.4 cm³/mol. The van der Waals surface area contributed by atoms with Gasteiger partial charge in [-0.25, -0.2) is 4.79 Å². The molecule has 132 valence electrons. The van der Waals surface area contributed by atoms with E-state index in [9.17, 15) is 14.7 Å². The van der Waals surface area contributed by atoms with Crippen molar-refractivity contribution in [3.63, 3.8) is 0 Å². The van der Waals surface area contributed by atoms with Crippen LogP contribution in [0.1, 0.15) is 59.3 Å². The Bertz CT molecular complexity index is 620. The molecule has 1 unspecified atom stereocenters. The lowest BCUT2D eigenvalue weighted by Gasteiger charge is -2.57. The zero-order valence-electron chi connectivity index (χ0n) is 15.0. The number of hydrogen-bond acceptors (Lipinski definition) is 2. The summed E-state index contributed by atoms with van der Waals surface area (Å²) in [6.45, 7) is 7.44. The normalized spacial score (nSPS) is 38.9. The van der Waals surface area contributed by atoms with Gasteiger partial charge in [0.25, 0.3) is 0 Å². The first-order valence-electron chi connectivity index (χ1n) is 9.20. The van der Waals surface area contributed by atoms with Gasteiger partial charge >= 0.3 is 5.97 Å². The largest absolute Gasteiger partial charge is 0.478 e. The van der Waals surface area contributed by atoms with Crippen LogP contribution < -0.4 is 5.32 Å². The first-order valence-corrected chi connectivity index (χ1v) is 9.20. The molecule has 2 aliphatic carbocycles. The standard InChI is InChI=1S/C20H29NO3/c1-13-7-10-20(3)15(18(23)24)5-4-6-16(20)19(13,2)11-8-14-9-12-21-17(14)22/h5,9,13,16H,4,6-8,10-12H2,1-3H3,(H,21,22)(H,23,24)/t13?,16-,19+,20+/m1/s1. The van der Waals surface area contributed by atoms with Gasteiger partial charge in [0, 0.05) is 23.1 Å². The van der Waals surface area contributed by atoms with Crippen molar-refractivity contribution in [1.29, 1.82) is 0 Å². The van der Waals surface area contributed by atoms with Crippen molar-refractivity contribution in [2.24, 2.45) is 22.7 Å². The van der Waals surface area contributed by atoms with E-state index in [2.05, 4.69) is 26.1 Å². The third kappa shape index (κ3) is 2.60. The molecule has 0 aromatic heterocycles. The molecule has 4 nitrogen and oxygen atoms in total. The highest BCUT2D eigenvalue weighted by Crippen LogP contribution is 2.62. The third-order valence-electron chi connectivity index (χ3n) is 7.27. The van der Waals surface area contributed by atoms with Gasteiger partial charge in [-0.3, -0.25) is 4.79 Å². The SMILES string of the molecule is CC1CC[C@@]2(C)C(C(=O)O)=CCC[C@@H]2[C@@]1(C)CCC1=CCNC1=O. The topological polar surface area (TPSA) is 66.4 Å². The second-order valence-electron chi connectivity index (χ2n) is 8.36. The second kappa shape index (κ2) is 6.05. The number of aliphatic carboxylic acids is 1. The van der Waals surface area contributed by atoms with Gasteiger partial charge in [0.05, 0.1) is 0 Å². The average molecular weight is 331 g/mol. The fourth-order valence-electron chi connectivity index (χ4n) is 5.53. The molecule has 0 saturated heterocycles. The molecule has 0 aromatic rings. The second-order valence-corrected chi connectivity index (χ2v) is 8.36. The highest BCUT2D eigenvalue weighted by molar-refractivity contribution is 5.95. The van der Waals surface area contributed by atoms with Crippen LogP contribution in [0, 0.1) is 22.7 Å². The average Bonchev–Trinajstić information content (AvgIpc) is 2.94. The molecule has 1 heterocycles. The summed E-state index contributed by atoms with van der Waals surface area (Å²) in [7, 11) is 0. The molecule has 3 aliphatic rings. The Labute approximate surface area is 144 Å². The molecule has 3 rings (SSSR count). The Balaban J connectivity index is 1.87. The molecule has 1 saturated carbocycles. The summed E-state index contributed by atoms with van der Waals surface area (Å²) in [6.07, 6.45) is 9.62. The Hall–Kier alpha value is -1.58. The van der Waals surface area contributed by atoms with Crippen molar-refractivity contribution < 1.29 is 14.7 Å². The molecule has 0 spiro atoms. The molecule has 4 heteroatoms. The number of carbonyl (C=O) groups is 2. The van der Waals surface area contributed by atoms with Gasteiger partial charge in [-0.2, -0.15) is 0 Å². The molecule has 1 amide bonds. The molecule has 4 atom stereocenters. The number of amides is 1. The fraction of sp³-hybridized carbons (Fsp3) is 0.700. The highest BCUT2D eigenvalue weighted by Gasteiger charge is 2.55. The maximum absolute atomic E-state index is 11.9. The monoisotopic (exact) mass is 331 g/mol. The summed E-state index contributed by atoms with van der Waals surface area (Å²) in [5, 5.41) is 12.5. The Morgan fingerprint density at radius 3 is 2.71 bits per heavy atom. The summed E-state index contributed by atoms with van der Waals surface area (Å²) in [5.74, 6) is 0.236. The van der Waals surface area contributed by atoms with Crippen molar-refractivity contribution in [3.05, 3.63) is 23.3 Å². The number of allylic oxidation sites excluding steroid dienone is 1. The molecule has 24 heavy (non-hydrogen) atoms. The first-order chi connectivity index (χ1) is 11.3. The van der Waals surface area contributed by atoms with Gasteiger partial charge in [0.1, 0.15) is 0 Å². The van der Waals surface area contributed by atoms with Crippen LogP contribution in [0.15, 0.2) is 23.3 Å². The molecular weight excluding hydrogens is 302 g/mol. The lowest BCUT2D eigenvalue weighted by atomic mass is 9.46. The van der Waals surface area contributed by atoms with Gasteiger partial charge in [0.15, 0.2) is 0 Å². The Morgan fingerprint density at radius 2 is 2.08 bits per heavy atom. The minimum Gasteiger partial charge on any atom is -0.478 e. The van der Waals surface area contributed by atoms with Crippen molar-refractivity contribution in [1.82, 2.24) is 5.32 Å². The highest BCUT2D eigenvalue weighted by atomic mass is 16.4. The molecular formula is C20H29NO3. The Kier molecular flexibility index (Phi) is 4.35. The number of nitrogens with one attached hydrogen (secondary N) is 1. The summed E-state index contributed by atoms with van der Waals surface area (Å²) in [4.78, 5) is 23.6. The predicted octanol–water partition coefficient (Wildman–Crippen LogP) is 3.69. The van der Waals surface area contributed by atoms with E-state index in [0.717, 1.165) is 44.1 Å². The van der Waals surface area contributed by atoms with Crippen LogP contribution in [0.2, 0.25) is 0 Å². The Morgan fingerprint density at radius 1 is 1.33 bits per heavy atom. The van der Waals surface area contributed by atoms with Crippen LogP contribution in [0.5, 0.6) is 0 Å². The minimum absolute atomic E-state index is 0.0691. The zero-order valence-corrected chi connectivity index (χ0v) is 15.0. The summed E-state index contributed by atoms with van der Waals surface area (Å²) < 4.78 is 0. The first kappa shape index (κ1) is 17.2. The molecule has 1 aliphatic heterocycles. The molecule has 0 aromatic carbocycles. The van der Waals surface area contributed by atoms with E-state index in [4.69, 9.17) is 0 Å².